The second kappa shape index (κ2) is 53.5. The summed E-state index contributed by atoms with van der Waals surface area (Å²) < 4.78 is 17.4. The Morgan fingerprint density at radius 2 is 0.645 bits per heavy atom. The van der Waals surface area contributed by atoms with Crippen molar-refractivity contribution in [1.82, 2.24) is 0 Å². The van der Waals surface area contributed by atoms with Crippen molar-refractivity contribution in [3.05, 3.63) is 36.5 Å². The lowest BCUT2D eigenvalue weighted by molar-refractivity contribution is -0.163. The van der Waals surface area contributed by atoms with E-state index in [2.05, 4.69) is 57.2 Å². The van der Waals surface area contributed by atoms with E-state index in [1.807, 2.05) is 0 Å². The molecule has 0 radical (unpaired) electrons. The van der Waals surface area contributed by atoms with Gasteiger partial charge in [-0.25, -0.2) is 0 Å². The molecule has 5 nitrogen and oxygen atoms in total. The van der Waals surface area contributed by atoms with E-state index in [0.29, 0.717) is 19.4 Å². The van der Waals surface area contributed by atoms with Gasteiger partial charge in [-0.15, -0.1) is 0 Å². The molecule has 0 aliphatic heterocycles. The van der Waals surface area contributed by atoms with Gasteiger partial charge in [0, 0.05) is 19.4 Å². The number of hydrogen-bond donors (Lipinski definition) is 0. The maximum Gasteiger partial charge on any atom is 0.306 e. The Morgan fingerprint density at radius 3 is 1.03 bits per heavy atom. The van der Waals surface area contributed by atoms with Gasteiger partial charge in [0.2, 0.25) is 0 Å². The lowest BCUT2D eigenvalue weighted by atomic mass is 10.1. The van der Waals surface area contributed by atoms with Crippen LogP contribution in [0.1, 0.15) is 290 Å². The molecule has 62 heavy (non-hydrogen) atoms. The second-order valence-corrected chi connectivity index (χ2v) is 18.5. The fourth-order valence-corrected chi connectivity index (χ4v) is 7.95. The number of ether oxygens (including phenoxy) is 3. The van der Waals surface area contributed by atoms with Crippen LogP contribution in [-0.4, -0.2) is 37.9 Å². The highest BCUT2D eigenvalue weighted by molar-refractivity contribution is 5.70. The number of allylic oxidation sites excluding steroid dienone is 6. The third-order valence-electron chi connectivity index (χ3n) is 12.1. The molecule has 0 rings (SSSR count). The zero-order valence-corrected chi connectivity index (χ0v) is 41.9. The molecule has 0 fully saturated rings. The Labute approximate surface area is 387 Å². The summed E-state index contributed by atoms with van der Waals surface area (Å²) in [6, 6.07) is 0. The second-order valence-electron chi connectivity index (χ2n) is 18.5. The zero-order valence-electron chi connectivity index (χ0n) is 41.9. The van der Waals surface area contributed by atoms with Crippen molar-refractivity contribution >= 4 is 11.9 Å². The molecule has 0 aromatic heterocycles. The molecule has 0 amide bonds. The standard InChI is InChI=1S/C57H106O5/c1-4-7-10-13-16-19-22-24-26-28-29-30-31-33-36-38-41-44-47-50-56(58)61-54-55(62-57(59)51-48-45-42-39-35-21-18-15-12-9-6-3)53-60-52-49-46-43-40-37-34-32-27-25-23-20-17-14-11-8-5-2/h15,18,24-27,55H,4-14,16-17,19-23,28-54H2,1-3H3/b18-15-,26-24-,27-25-. The Morgan fingerprint density at radius 1 is 0.339 bits per heavy atom. The molecule has 1 atom stereocenters. The fraction of sp³-hybridized carbons (Fsp3) is 0.860. The lowest BCUT2D eigenvalue weighted by Gasteiger charge is -2.18. The van der Waals surface area contributed by atoms with Crippen LogP contribution in [0.25, 0.3) is 0 Å². The molecule has 0 aromatic carbocycles. The molecular formula is C57H106O5. The minimum atomic E-state index is -0.541. The largest absolute Gasteiger partial charge is 0.462 e. The van der Waals surface area contributed by atoms with E-state index in [-0.39, 0.29) is 25.2 Å². The minimum absolute atomic E-state index is 0.0820. The van der Waals surface area contributed by atoms with Gasteiger partial charge in [-0.3, -0.25) is 9.59 Å². The van der Waals surface area contributed by atoms with Gasteiger partial charge in [-0.05, 0) is 89.9 Å². The van der Waals surface area contributed by atoms with Crippen molar-refractivity contribution in [2.24, 2.45) is 0 Å². The third kappa shape index (κ3) is 50.8. The van der Waals surface area contributed by atoms with Crippen molar-refractivity contribution in [1.29, 1.82) is 0 Å². The summed E-state index contributed by atoms with van der Waals surface area (Å²) >= 11 is 0. The highest BCUT2D eigenvalue weighted by atomic mass is 16.6. The average molecular weight is 871 g/mol. The first-order chi connectivity index (χ1) is 30.6. The highest BCUT2D eigenvalue weighted by Gasteiger charge is 2.17. The van der Waals surface area contributed by atoms with Crippen molar-refractivity contribution in [2.75, 3.05) is 19.8 Å². The smallest absolute Gasteiger partial charge is 0.306 e. The van der Waals surface area contributed by atoms with Gasteiger partial charge >= 0.3 is 11.9 Å². The number of esters is 2. The van der Waals surface area contributed by atoms with Crippen LogP contribution >= 0.6 is 0 Å². The Kier molecular flexibility index (Phi) is 51.8. The monoisotopic (exact) mass is 871 g/mol. The molecule has 0 N–H and O–H groups in total. The van der Waals surface area contributed by atoms with E-state index in [1.54, 1.807) is 0 Å². The summed E-state index contributed by atoms with van der Waals surface area (Å²) in [5, 5.41) is 0. The Hall–Kier alpha value is -1.88. The third-order valence-corrected chi connectivity index (χ3v) is 12.1. The summed E-state index contributed by atoms with van der Waals surface area (Å²) in [5.41, 5.74) is 0. The average Bonchev–Trinajstić information content (AvgIpc) is 3.27. The quantitative estimate of drug-likeness (QED) is 0.0346. The predicted octanol–water partition coefficient (Wildman–Crippen LogP) is 18.6. The Balaban J connectivity index is 4.19. The number of unbranched alkanes of at least 4 members (excludes halogenated alkanes) is 34. The molecule has 1 unspecified atom stereocenters. The van der Waals surface area contributed by atoms with Crippen molar-refractivity contribution in [3.8, 4) is 0 Å². The number of carbonyl (C=O) groups excluding carboxylic acids is 2. The van der Waals surface area contributed by atoms with Gasteiger partial charge < -0.3 is 14.2 Å². The summed E-state index contributed by atoms with van der Waals surface area (Å²) in [4.78, 5) is 25.4. The molecule has 0 aliphatic carbocycles. The molecule has 0 saturated carbocycles. The van der Waals surface area contributed by atoms with Crippen LogP contribution in [-0.2, 0) is 23.8 Å². The lowest BCUT2D eigenvalue weighted by Crippen LogP contribution is -2.30. The van der Waals surface area contributed by atoms with Crippen molar-refractivity contribution < 1.29 is 23.8 Å². The molecule has 0 saturated heterocycles. The Bertz CT molecular complexity index is 986. The first-order valence-electron chi connectivity index (χ1n) is 27.5. The molecule has 364 valence electrons. The van der Waals surface area contributed by atoms with Crippen LogP contribution in [0.3, 0.4) is 0 Å². The molecule has 0 aromatic rings. The predicted molar refractivity (Wildman–Crippen MR) is 270 cm³/mol. The zero-order chi connectivity index (χ0) is 44.9. The first-order valence-corrected chi connectivity index (χ1v) is 27.5. The van der Waals surface area contributed by atoms with E-state index in [0.717, 1.165) is 51.4 Å². The number of carbonyl (C=O) groups is 2. The number of rotatable bonds is 51. The van der Waals surface area contributed by atoms with Gasteiger partial charge in [0.1, 0.15) is 6.61 Å². The van der Waals surface area contributed by atoms with E-state index in [9.17, 15) is 9.59 Å². The maximum atomic E-state index is 12.8. The van der Waals surface area contributed by atoms with Gasteiger partial charge in [-0.1, -0.05) is 224 Å². The summed E-state index contributed by atoms with van der Waals surface area (Å²) in [6.45, 7) is 7.80. The van der Waals surface area contributed by atoms with Gasteiger partial charge in [0.25, 0.3) is 0 Å². The molecule has 0 heterocycles. The van der Waals surface area contributed by atoms with E-state index in [1.165, 1.54) is 205 Å². The molecule has 0 aliphatic rings. The molecule has 0 bridgehead atoms. The first kappa shape index (κ1) is 60.1. The fourth-order valence-electron chi connectivity index (χ4n) is 7.95. The summed E-state index contributed by atoms with van der Waals surface area (Å²) in [5.74, 6) is -0.401. The van der Waals surface area contributed by atoms with Crippen LogP contribution in [0.4, 0.5) is 0 Å². The normalized spacial score (nSPS) is 12.4. The van der Waals surface area contributed by atoms with Crippen LogP contribution in [0.15, 0.2) is 36.5 Å². The molecule has 5 heteroatoms. The minimum Gasteiger partial charge on any atom is -0.462 e. The van der Waals surface area contributed by atoms with Gasteiger partial charge in [-0.2, -0.15) is 0 Å². The van der Waals surface area contributed by atoms with Crippen molar-refractivity contribution in [3.63, 3.8) is 0 Å². The topological polar surface area (TPSA) is 61.8 Å². The van der Waals surface area contributed by atoms with Gasteiger partial charge in [0.15, 0.2) is 6.10 Å². The molecule has 0 spiro atoms. The van der Waals surface area contributed by atoms with Crippen LogP contribution in [0.2, 0.25) is 0 Å². The van der Waals surface area contributed by atoms with Gasteiger partial charge in [0.05, 0.1) is 6.61 Å². The SMILES string of the molecule is CCCC/C=C\CCCCCCCC(=O)OC(COCCCCCCCC/C=C\CCCCCCCC)COC(=O)CCCCCCCCCCC/C=C\CCCCCCCC. The molecular weight excluding hydrogens is 765 g/mol. The van der Waals surface area contributed by atoms with Crippen LogP contribution in [0, 0.1) is 0 Å². The van der Waals surface area contributed by atoms with Crippen molar-refractivity contribution in [2.45, 2.75) is 297 Å². The summed E-state index contributed by atoms with van der Waals surface area (Å²) in [7, 11) is 0. The van der Waals surface area contributed by atoms with Crippen LogP contribution in [0.5, 0.6) is 0 Å². The van der Waals surface area contributed by atoms with Crippen LogP contribution < -0.4 is 0 Å². The van der Waals surface area contributed by atoms with E-state index < -0.39 is 6.10 Å². The highest BCUT2D eigenvalue weighted by Crippen LogP contribution is 2.15. The number of hydrogen-bond acceptors (Lipinski definition) is 5. The summed E-state index contributed by atoms with van der Waals surface area (Å²) in [6.07, 6.45) is 64.4. The maximum absolute atomic E-state index is 12.8. The van der Waals surface area contributed by atoms with E-state index >= 15 is 0 Å². The van der Waals surface area contributed by atoms with E-state index in [4.69, 9.17) is 14.2 Å².